The van der Waals surface area contributed by atoms with Crippen molar-refractivity contribution < 1.29 is 14.3 Å². The smallest absolute Gasteiger partial charge is 0.226 e. The van der Waals surface area contributed by atoms with Crippen LogP contribution in [-0.2, 0) is 4.79 Å². The van der Waals surface area contributed by atoms with Gasteiger partial charge in [-0.25, -0.2) is 4.68 Å². The summed E-state index contributed by atoms with van der Waals surface area (Å²) >= 11 is 0. The molecular weight excluding hydrogens is 330 g/mol. The van der Waals surface area contributed by atoms with Gasteiger partial charge in [-0.3, -0.25) is 4.79 Å². The summed E-state index contributed by atoms with van der Waals surface area (Å²) in [4.78, 5) is 12.3. The Bertz CT molecular complexity index is 930. The topological polar surface area (TPSA) is 65.4 Å². The Kier molecular flexibility index (Phi) is 4.08. The zero-order chi connectivity index (χ0) is 18.1. The predicted molar refractivity (Wildman–Crippen MR) is 98.2 cm³/mol. The highest BCUT2D eigenvalue weighted by Gasteiger charge is 2.30. The first-order valence-electron chi connectivity index (χ1n) is 8.35. The van der Waals surface area contributed by atoms with Gasteiger partial charge >= 0.3 is 0 Å². The Morgan fingerprint density at radius 3 is 2.23 bits per heavy atom. The fourth-order valence-corrected chi connectivity index (χ4v) is 3.27. The van der Waals surface area contributed by atoms with Crippen LogP contribution in [0.1, 0.15) is 23.5 Å². The third-order valence-corrected chi connectivity index (χ3v) is 4.66. The normalized spacial score (nSPS) is 15.9. The third-order valence-electron chi connectivity index (χ3n) is 4.66. The Morgan fingerprint density at radius 2 is 1.62 bits per heavy atom. The number of carbonyl (C=O) groups is 1. The van der Waals surface area contributed by atoms with Gasteiger partial charge in [-0.05, 0) is 42.0 Å². The number of methoxy groups -OCH3 is 2. The molecule has 1 atom stereocenters. The van der Waals surface area contributed by atoms with E-state index in [1.165, 1.54) is 0 Å². The van der Waals surface area contributed by atoms with Crippen LogP contribution in [0, 0.1) is 0 Å². The van der Waals surface area contributed by atoms with Crippen LogP contribution in [0.5, 0.6) is 11.5 Å². The summed E-state index contributed by atoms with van der Waals surface area (Å²) in [6.07, 6.45) is 2.22. The number of hydrogen-bond acceptors (Lipinski definition) is 4. The van der Waals surface area contributed by atoms with Crippen molar-refractivity contribution in [2.45, 2.75) is 12.3 Å². The van der Waals surface area contributed by atoms with Crippen LogP contribution < -0.4 is 14.8 Å². The highest BCUT2D eigenvalue weighted by Crippen LogP contribution is 2.38. The molecule has 0 spiro atoms. The fraction of sp³-hybridized carbons (Fsp3) is 0.200. The molecule has 2 heterocycles. The van der Waals surface area contributed by atoms with Gasteiger partial charge in [-0.1, -0.05) is 12.1 Å². The average Bonchev–Trinajstić information content (AvgIpc) is 3.11. The molecule has 6 nitrogen and oxygen atoms in total. The number of anilines is 1. The van der Waals surface area contributed by atoms with E-state index < -0.39 is 0 Å². The van der Waals surface area contributed by atoms with Crippen molar-refractivity contribution in [1.29, 1.82) is 0 Å². The molecule has 0 fully saturated rings. The number of rotatable bonds is 4. The Labute approximate surface area is 151 Å². The summed E-state index contributed by atoms with van der Waals surface area (Å²) in [5, 5.41) is 7.47. The van der Waals surface area contributed by atoms with Gasteiger partial charge in [0.25, 0.3) is 0 Å². The van der Waals surface area contributed by atoms with E-state index in [0.29, 0.717) is 12.2 Å². The Morgan fingerprint density at radius 1 is 1.00 bits per heavy atom. The number of fused-ring (bicyclic) bond motifs is 1. The first kappa shape index (κ1) is 16.2. The SMILES string of the molecule is COc1ccc(C2CC(=O)Nc3c2cnn3-c2ccc(OC)cc2)cc1. The number of amides is 1. The molecule has 1 amide bonds. The molecule has 26 heavy (non-hydrogen) atoms. The van der Waals surface area contributed by atoms with E-state index >= 15 is 0 Å². The number of aromatic nitrogens is 2. The predicted octanol–water partition coefficient (Wildman–Crippen LogP) is 3.36. The molecule has 0 saturated carbocycles. The Balaban J connectivity index is 1.74. The molecule has 132 valence electrons. The van der Waals surface area contributed by atoms with Crippen molar-refractivity contribution in [2.24, 2.45) is 0 Å². The second-order valence-corrected chi connectivity index (χ2v) is 6.14. The van der Waals surface area contributed by atoms with Gasteiger partial charge in [0.1, 0.15) is 17.3 Å². The van der Waals surface area contributed by atoms with Crippen molar-refractivity contribution in [3.63, 3.8) is 0 Å². The lowest BCUT2D eigenvalue weighted by atomic mass is 9.87. The summed E-state index contributed by atoms with van der Waals surface area (Å²) in [6.45, 7) is 0. The van der Waals surface area contributed by atoms with Gasteiger partial charge in [-0.2, -0.15) is 5.10 Å². The van der Waals surface area contributed by atoms with Crippen LogP contribution in [0.3, 0.4) is 0 Å². The van der Waals surface area contributed by atoms with Gasteiger partial charge < -0.3 is 14.8 Å². The number of nitrogens with one attached hydrogen (secondary N) is 1. The minimum absolute atomic E-state index is 0.0198. The molecule has 0 radical (unpaired) electrons. The third kappa shape index (κ3) is 2.79. The second-order valence-electron chi connectivity index (χ2n) is 6.14. The van der Waals surface area contributed by atoms with E-state index in [1.807, 2.05) is 54.7 Å². The van der Waals surface area contributed by atoms with Crippen LogP contribution in [0.2, 0.25) is 0 Å². The maximum atomic E-state index is 12.3. The van der Waals surface area contributed by atoms with E-state index in [-0.39, 0.29) is 11.8 Å². The van der Waals surface area contributed by atoms with Crippen LogP contribution in [-0.4, -0.2) is 29.9 Å². The molecular formula is C20H19N3O3. The number of carbonyl (C=O) groups excluding carboxylic acids is 1. The van der Waals surface area contributed by atoms with Crippen LogP contribution >= 0.6 is 0 Å². The summed E-state index contributed by atoms with van der Waals surface area (Å²) in [5.74, 6) is 2.23. The number of ether oxygens (including phenoxy) is 2. The summed E-state index contributed by atoms with van der Waals surface area (Å²) < 4.78 is 12.2. The van der Waals surface area contributed by atoms with Crippen LogP contribution in [0.15, 0.2) is 54.7 Å². The van der Waals surface area contributed by atoms with E-state index in [1.54, 1.807) is 18.9 Å². The molecule has 1 N–H and O–H groups in total. The lowest BCUT2D eigenvalue weighted by Gasteiger charge is -2.24. The quantitative estimate of drug-likeness (QED) is 0.784. The molecule has 1 aromatic heterocycles. The van der Waals surface area contributed by atoms with E-state index in [4.69, 9.17) is 9.47 Å². The molecule has 3 aromatic rings. The van der Waals surface area contributed by atoms with Gasteiger partial charge in [0.2, 0.25) is 5.91 Å². The highest BCUT2D eigenvalue weighted by molar-refractivity contribution is 5.94. The maximum Gasteiger partial charge on any atom is 0.226 e. The highest BCUT2D eigenvalue weighted by atomic mass is 16.5. The van der Waals surface area contributed by atoms with Crippen molar-refractivity contribution >= 4 is 11.7 Å². The molecule has 1 aliphatic heterocycles. The van der Waals surface area contributed by atoms with Crippen molar-refractivity contribution in [3.8, 4) is 17.2 Å². The average molecular weight is 349 g/mol. The van der Waals surface area contributed by atoms with Gasteiger partial charge in [0.05, 0.1) is 26.1 Å². The van der Waals surface area contributed by atoms with Crippen molar-refractivity contribution in [1.82, 2.24) is 9.78 Å². The molecule has 1 aliphatic rings. The summed E-state index contributed by atoms with van der Waals surface area (Å²) in [6, 6.07) is 15.4. The number of nitrogens with zero attached hydrogens (tertiary/aromatic N) is 2. The van der Waals surface area contributed by atoms with E-state index in [9.17, 15) is 4.79 Å². The van der Waals surface area contributed by atoms with E-state index in [2.05, 4.69) is 10.4 Å². The van der Waals surface area contributed by atoms with Crippen LogP contribution in [0.25, 0.3) is 5.69 Å². The van der Waals surface area contributed by atoms with Gasteiger partial charge in [0.15, 0.2) is 0 Å². The van der Waals surface area contributed by atoms with Gasteiger partial charge in [-0.15, -0.1) is 0 Å². The summed E-state index contributed by atoms with van der Waals surface area (Å²) in [5.41, 5.74) is 2.93. The second kappa shape index (κ2) is 6.55. The first-order chi connectivity index (χ1) is 12.7. The van der Waals surface area contributed by atoms with Crippen molar-refractivity contribution in [2.75, 3.05) is 19.5 Å². The first-order valence-corrected chi connectivity index (χ1v) is 8.35. The molecule has 4 rings (SSSR count). The Hall–Kier alpha value is -3.28. The fourth-order valence-electron chi connectivity index (χ4n) is 3.27. The van der Waals surface area contributed by atoms with Crippen molar-refractivity contribution in [3.05, 3.63) is 65.9 Å². The zero-order valence-corrected chi connectivity index (χ0v) is 14.6. The number of benzene rings is 2. The zero-order valence-electron chi connectivity index (χ0n) is 14.6. The molecule has 6 heteroatoms. The van der Waals surface area contributed by atoms with Crippen LogP contribution in [0.4, 0.5) is 5.82 Å². The number of hydrogen-bond donors (Lipinski definition) is 1. The minimum atomic E-state index is -0.0309. The lowest BCUT2D eigenvalue weighted by molar-refractivity contribution is -0.116. The van der Waals surface area contributed by atoms with Gasteiger partial charge in [0, 0.05) is 17.9 Å². The minimum Gasteiger partial charge on any atom is -0.497 e. The summed E-state index contributed by atoms with van der Waals surface area (Å²) in [7, 11) is 3.27. The molecule has 0 bridgehead atoms. The molecule has 0 saturated heterocycles. The molecule has 0 aliphatic carbocycles. The maximum absolute atomic E-state index is 12.3. The monoisotopic (exact) mass is 349 g/mol. The lowest BCUT2D eigenvalue weighted by Crippen LogP contribution is -2.24. The van der Waals surface area contributed by atoms with E-state index in [0.717, 1.165) is 28.3 Å². The molecule has 2 aromatic carbocycles. The standard InChI is InChI=1S/C20H19N3O3/c1-25-15-7-3-13(4-8-15)17-11-19(24)22-20-18(17)12-21-23(20)14-5-9-16(26-2)10-6-14/h3-10,12,17H,11H2,1-2H3,(H,22,24). The molecule has 1 unspecified atom stereocenters. The largest absolute Gasteiger partial charge is 0.497 e.